The molecule has 0 bridgehead atoms. The third-order valence-electron chi connectivity index (χ3n) is 2.39. The third kappa shape index (κ3) is 2.65. The van der Waals surface area contributed by atoms with Crippen molar-refractivity contribution in [2.45, 2.75) is 19.9 Å². The summed E-state index contributed by atoms with van der Waals surface area (Å²) in [6.07, 6.45) is 3.35. The molecule has 0 aliphatic heterocycles. The lowest BCUT2D eigenvalue weighted by Crippen LogP contribution is -2.03. The largest absolute Gasteiger partial charge is 0.477 e. The van der Waals surface area contributed by atoms with Gasteiger partial charge in [-0.2, -0.15) is 5.10 Å². The number of aromatic nitrogens is 3. The first-order valence-corrected chi connectivity index (χ1v) is 5.58. The van der Waals surface area contributed by atoms with E-state index in [-0.39, 0.29) is 5.69 Å². The van der Waals surface area contributed by atoms with Crippen LogP contribution in [0.5, 0.6) is 0 Å². The van der Waals surface area contributed by atoms with Crippen LogP contribution in [0.15, 0.2) is 30.6 Å². The lowest BCUT2D eigenvalue weighted by molar-refractivity contribution is 0.0690. The molecule has 0 spiro atoms. The fourth-order valence-corrected chi connectivity index (χ4v) is 1.43. The van der Waals surface area contributed by atoms with E-state index in [1.54, 1.807) is 6.07 Å². The molecule has 0 aliphatic carbocycles. The van der Waals surface area contributed by atoms with Crippen molar-refractivity contribution in [1.82, 2.24) is 14.8 Å². The molecule has 94 valence electrons. The Kier molecular flexibility index (Phi) is 3.27. The number of carboxylic acid groups (broad SMARTS) is 1. The summed E-state index contributed by atoms with van der Waals surface area (Å²) in [7, 11) is 0. The van der Waals surface area contributed by atoms with E-state index in [1.165, 1.54) is 12.3 Å². The minimum absolute atomic E-state index is 0.0215. The van der Waals surface area contributed by atoms with Crippen molar-refractivity contribution in [3.05, 3.63) is 36.3 Å². The van der Waals surface area contributed by atoms with E-state index in [1.807, 2.05) is 30.8 Å². The van der Waals surface area contributed by atoms with Gasteiger partial charge in [0.1, 0.15) is 5.69 Å². The van der Waals surface area contributed by atoms with Crippen LogP contribution in [0.25, 0.3) is 0 Å². The van der Waals surface area contributed by atoms with Gasteiger partial charge in [0, 0.05) is 18.3 Å². The Bertz CT molecular complexity index is 545. The number of aromatic carboxylic acids is 1. The monoisotopic (exact) mass is 246 g/mol. The summed E-state index contributed by atoms with van der Waals surface area (Å²) in [6.45, 7) is 4.08. The highest BCUT2D eigenvalue weighted by atomic mass is 16.4. The van der Waals surface area contributed by atoms with E-state index in [4.69, 9.17) is 5.11 Å². The second-order valence-electron chi connectivity index (χ2n) is 4.14. The molecule has 0 saturated heterocycles. The summed E-state index contributed by atoms with van der Waals surface area (Å²) in [5.74, 6) is -0.334. The normalized spacial score (nSPS) is 10.6. The van der Waals surface area contributed by atoms with Crippen molar-refractivity contribution >= 4 is 17.5 Å². The van der Waals surface area contributed by atoms with E-state index in [0.29, 0.717) is 17.5 Å². The molecule has 2 heterocycles. The Labute approximate surface area is 104 Å². The van der Waals surface area contributed by atoms with Crippen molar-refractivity contribution in [2.75, 3.05) is 5.32 Å². The van der Waals surface area contributed by atoms with Crippen LogP contribution in [0.4, 0.5) is 11.5 Å². The fraction of sp³-hybridized carbons (Fsp3) is 0.250. The highest BCUT2D eigenvalue weighted by Crippen LogP contribution is 2.15. The Balaban J connectivity index is 2.10. The van der Waals surface area contributed by atoms with Gasteiger partial charge in [-0.1, -0.05) is 0 Å². The second kappa shape index (κ2) is 4.87. The first kappa shape index (κ1) is 12.1. The van der Waals surface area contributed by atoms with Crippen molar-refractivity contribution in [1.29, 1.82) is 0 Å². The maximum Gasteiger partial charge on any atom is 0.354 e. The molecule has 2 aromatic heterocycles. The molecule has 0 amide bonds. The van der Waals surface area contributed by atoms with Crippen LogP contribution >= 0.6 is 0 Å². The standard InChI is InChI=1S/C12H14N4O2/c1-8(2)16-6-5-11(15-16)14-9-3-4-10(12(17)18)13-7-9/h3-8H,1-2H3,(H,14,15)(H,17,18). The van der Waals surface area contributed by atoms with Gasteiger partial charge in [-0.05, 0) is 26.0 Å². The highest BCUT2D eigenvalue weighted by Gasteiger charge is 2.05. The van der Waals surface area contributed by atoms with Gasteiger partial charge < -0.3 is 10.4 Å². The molecule has 0 aliphatic rings. The Morgan fingerprint density at radius 1 is 1.39 bits per heavy atom. The molecule has 0 aromatic carbocycles. The Morgan fingerprint density at radius 2 is 2.17 bits per heavy atom. The van der Waals surface area contributed by atoms with E-state index in [0.717, 1.165) is 0 Å². The molecular formula is C12H14N4O2. The van der Waals surface area contributed by atoms with Gasteiger partial charge in [0.2, 0.25) is 0 Å². The lowest BCUT2D eigenvalue weighted by atomic mass is 10.3. The van der Waals surface area contributed by atoms with Crippen LogP contribution in [0.2, 0.25) is 0 Å². The van der Waals surface area contributed by atoms with E-state index < -0.39 is 5.97 Å². The van der Waals surface area contributed by atoms with Crippen molar-refractivity contribution in [3.8, 4) is 0 Å². The molecule has 18 heavy (non-hydrogen) atoms. The number of nitrogens with zero attached hydrogens (tertiary/aromatic N) is 3. The zero-order valence-corrected chi connectivity index (χ0v) is 10.2. The van der Waals surface area contributed by atoms with Gasteiger partial charge in [-0.3, -0.25) is 4.68 Å². The fourth-order valence-electron chi connectivity index (χ4n) is 1.43. The number of anilines is 2. The van der Waals surface area contributed by atoms with Gasteiger partial charge in [0.25, 0.3) is 0 Å². The highest BCUT2D eigenvalue weighted by molar-refractivity contribution is 5.85. The molecule has 2 rings (SSSR count). The first-order chi connectivity index (χ1) is 8.56. The molecular weight excluding hydrogens is 232 g/mol. The Hall–Kier alpha value is -2.37. The minimum Gasteiger partial charge on any atom is -0.477 e. The van der Waals surface area contributed by atoms with E-state index in [9.17, 15) is 4.79 Å². The van der Waals surface area contributed by atoms with Crippen molar-refractivity contribution in [2.24, 2.45) is 0 Å². The second-order valence-corrected chi connectivity index (χ2v) is 4.14. The van der Waals surface area contributed by atoms with E-state index in [2.05, 4.69) is 15.4 Å². The number of rotatable bonds is 4. The van der Waals surface area contributed by atoms with Crippen molar-refractivity contribution < 1.29 is 9.90 Å². The zero-order valence-electron chi connectivity index (χ0n) is 10.2. The Morgan fingerprint density at radius 3 is 2.67 bits per heavy atom. The summed E-state index contributed by atoms with van der Waals surface area (Å²) in [4.78, 5) is 14.5. The summed E-state index contributed by atoms with van der Waals surface area (Å²) >= 11 is 0. The van der Waals surface area contributed by atoms with Crippen LogP contribution in [0.1, 0.15) is 30.4 Å². The van der Waals surface area contributed by atoms with Gasteiger partial charge >= 0.3 is 5.97 Å². The van der Waals surface area contributed by atoms with Crippen LogP contribution < -0.4 is 5.32 Å². The van der Waals surface area contributed by atoms with Crippen LogP contribution in [-0.4, -0.2) is 25.8 Å². The van der Waals surface area contributed by atoms with Gasteiger partial charge in [-0.15, -0.1) is 0 Å². The predicted octanol–water partition coefficient (Wildman–Crippen LogP) is 2.30. The molecule has 0 radical (unpaired) electrons. The lowest BCUT2D eigenvalue weighted by Gasteiger charge is -2.05. The minimum atomic E-state index is -1.04. The summed E-state index contributed by atoms with van der Waals surface area (Å²) in [5, 5.41) is 16.1. The van der Waals surface area contributed by atoms with Crippen LogP contribution in [-0.2, 0) is 0 Å². The number of hydrogen-bond donors (Lipinski definition) is 2. The predicted molar refractivity (Wildman–Crippen MR) is 67.1 cm³/mol. The third-order valence-corrected chi connectivity index (χ3v) is 2.39. The summed E-state index contributed by atoms with van der Waals surface area (Å²) in [5.41, 5.74) is 0.724. The topological polar surface area (TPSA) is 80.0 Å². The molecule has 0 unspecified atom stereocenters. The van der Waals surface area contributed by atoms with Gasteiger partial charge in [-0.25, -0.2) is 9.78 Å². The van der Waals surface area contributed by atoms with Crippen LogP contribution in [0, 0.1) is 0 Å². The van der Waals surface area contributed by atoms with Gasteiger partial charge in [0.05, 0.1) is 11.9 Å². The average molecular weight is 246 g/mol. The molecule has 2 aromatic rings. The maximum absolute atomic E-state index is 10.7. The molecule has 0 atom stereocenters. The molecule has 2 N–H and O–H groups in total. The number of carbonyl (C=O) groups is 1. The van der Waals surface area contributed by atoms with Gasteiger partial charge in [0.15, 0.2) is 5.82 Å². The van der Waals surface area contributed by atoms with E-state index >= 15 is 0 Å². The SMILES string of the molecule is CC(C)n1ccc(Nc2ccc(C(=O)O)nc2)n1. The smallest absolute Gasteiger partial charge is 0.354 e. The molecule has 6 nitrogen and oxygen atoms in total. The quantitative estimate of drug-likeness (QED) is 0.865. The zero-order chi connectivity index (χ0) is 13.1. The summed E-state index contributed by atoms with van der Waals surface area (Å²) < 4.78 is 1.83. The summed E-state index contributed by atoms with van der Waals surface area (Å²) in [6, 6.07) is 5.26. The molecule has 6 heteroatoms. The maximum atomic E-state index is 10.7. The van der Waals surface area contributed by atoms with Crippen molar-refractivity contribution in [3.63, 3.8) is 0 Å². The van der Waals surface area contributed by atoms with Crippen LogP contribution in [0.3, 0.4) is 0 Å². The average Bonchev–Trinajstić information content (AvgIpc) is 2.78. The number of carboxylic acids is 1. The first-order valence-electron chi connectivity index (χ1n) is 5.58. The number of nitrogens with one attached hydrogen (secondary N) is 1. The molecule has 0 saturated carbocycles. The number of hydrogen-bond acceptors (Lipinski definition) is 4. The molecule has 0 fully saturated rings. The number of pyridine rings is 1.